The Hall–Kier alpha value is -1.61. The van der Waals surface area contributed by atoms with Crippen molar-refractivity contribution < 1.29 is 0 Å². The fourth-order valence-corrected chi connectivity index (χ4v) is 2.55. The Kier molecular flexibility index (Phi) is 3.38. The first-order valence-electron chi connectivity index (χ1n) is 7.00. The van der Waals surface area contributed by atoms with Crippen molar-refractivity contribution in [3.05, 3.63) is 53.3 Å². The number of hydrogen-bond acceptors (Lipinski definition) is 2. The standard InChI is InChI=1S/C16H21N3/c1-12-3-5-14(6-4-12)16(15-7-8-15)17-9-13-10-18-19(2)11-13/h3-6,10-11,15-17H,7-9H2,1-2H3. The summed E-state index contributed by atoms with van der Waals surface area (Å²) in [7, 11) is 1.96. The van der Waals surface area contributed by atoms with E-state index in [2.05, 4.69) is 47.8 Å². The summed E-state index contributed by atoms with van der Waals surface area (Å²) in [6, 6.07) is 9.41. The summed E-state index contributed by atoms with van der Waals surface area (Å²) in [5.74, 6) is 0.805. The van der Waals surface area contributed by atoms with Gasteiger partial charge in [-0.3, -0.25) is 4.68 Å². The third-order valence-electron chi connectivity index (χ3n) is 3.81. The van der Waals surface area contributed by atoms with E-state index in [1.165, 1.54) is 29.5 Å². The number of aryl methyl sites for hydroxylation is 2. The fraction of sp³-hybridized carbons (Fsp3) is 0.438. The van der Waals surface area contributed by atoms with Crippen LogP contribution in [0.25, 0.3) is 0 Å². The largest absolute Gasteiger partial charge is 0.305 e. The summed E-state index contributed by atoms with van der Waals surface area (Å²) < 4.78 is 1.86. The van der Waals surface area contributed by atoms with Gasteiger partial charge in [0.25, 0.3) is 0 Å². The van der Waals surface area contributed by atoms with E-state index in [-0.39, 0.29) is 0 Å². The van der Waals surface area contributed by atoms with Gasteiger partial charge in [0.1, 0.15) is 0 Å². The van der Waals surface area contributed by atoms with Crippen LogP contribution in [0.4, 0.5) is 0 Å². The number of hydrogen-bond donors (Lipinski definition) is 1. The molecule has 3 heteroatoms. The van der Waals surface area contributed by atoms with Crippen LogP contribution in [0.2, 0.25) is 0 Å². The zero-order valence-corrected chi connectivity index (χ0v) is 11.6. The molecule has 0 aliphatic heterocycles. The first-order chi connectivity index (χ1) is 9.22. The van der Waals surface area contributed by atoms with Gasteiger partial charge in [-0.05, 0) is 31.2 Å². The van der Waals surface area contributed by atoms with Crippen molar-refractivity contribution in [2.24, 2.45) is 13.0 Å². The van der Waals surface area contributed by atoms with Crippen molar-refractivity contribution in [1.82, 2.24) is 15.1 Å². The van der Waals surface area contributed by atoms with Crippen molar-refractivity contribution >= 4 is 0 Å². The molecule has 0 bridgehead atoms. The zero-order chi connectivity index (χ0) is 13.2. The predicted molar refractivity (Wildman–Crippen MR) is 76.7 cm³/mol. The Balaban J connectivity index is 1.69. The molecule has 19 heavy (non-hydrogen) atoms. The maximum atomic E-state index is 4.22. The lowest BCUT2D eigenvalue weighted by molar-refractivity contribution is 0.480. The summed E-state index contributed by atoms with van der Waals surface area (Å²) in [5, 5.41) is 7.91. The van der Waals surface area contributed by atoms with Crippen LogP contribution in [-0.4, -0.2) is 9.78 Å². The van der Waals surface area contributed by atoms with Crippen LogP contribution in [0.1, 0.15) is 35.6 Å². The average Bonchev–Trinajstić information content (AvgIpc) is 3.15. The second-order valence-electron chi connectivity index (χ2n) is 5.63. The first-order valence-corrected chi connectivity index (χ1v) is 7.00. The molecule has 1 N–H and O–H groups in total. The highest BCUT2D eigenvalue weighted by atomic mass is 15.2. The van der Waals surface area contributed by atoms with Crippen LogP contribution < -0.4 is 5.32 Å². The topological polar surface area (TPSA) is 29.9 Å². The Morgan fingerprint density at radius 3 is 2.63 bits per heavy atom. The van der Waals surface area contributed by atoms with Crippen LogP contribution in [0.15, 0.2) is 36.7 Å². The Morgan fingerprint density at radius 1 is 1.32 bits per heavy atom. The molecule has 1 atom stereocenters. The average molecular weight is 255 g/mol. The molecule has 3 rings (SSSR count). The van der Waals surface area contributed by atoms with Gasteiger partial charge in [-0.25, -0.2) is 0 Å². The van der Waals surface area contributed by atoms with Crippen LogP contribution in [0.5, 0.6) is 0 Å². The summed E-state index contributed by atoms with van der Waals surface area (Å²) in [6.45, 7) is 3.03. The molecule has 1 heterocycles. The second-order valence-corrected chi connectivity index (χ2v) is 5.63. The molecule has 0 radical (unpaired) electrons. The van der Waals surface area contributed by atoms with Gasteiger partial charge in [-0.2, -0.15) is 5.10 Å². The molecular formula is C16H21N3. The van der Waals surface area contributed by atoms with E-state index in [0.717, 1.165) is 12.5 Å². The highest BCUT2D eigenvalue weighted by molar-refractivity contribution is 5.25. The van der Waals surface area contributed by atoms with E-state index >= 15 is 0 Å². The molecule has 1 aliphatic carbocycles. The molecule has 100 valence electrons. The van der Waals surface area contributed by atoms with Gasteiger partial charge in [0, 0.05) is 31.4 Å². The maximum absolute atomic E-state index is 4.22. The molecule has 1 unspecified atom stereocenters. The minimum absolute atomic E-state index is 0.487. The van der Waals surface area contributed by atoms with E-state index in [0.29, 0.717) is 6.04 Å². The third kappa shape index (κ3) is 3.04. The smallest absolute Gasteiger partial charge is 0.0534 e. The number of nitrogens with one attached hydrogen (secondary N) is 1. The summed E-state index contributed by atoms with van der Waals surface area (Å²) in [6.07, 6.45) is 6.70. The lowest BCUT2D eigenvalue weighted by atomic mass is 10.0. The highest BCUT2D eigenvalue weighted by Crippen LogP contribution is 2.41. The molecule has 1 aromatic carbocycles. The van der Waals surface area contributed by atoms with Crippen LogP contribution >= 0.6 is 0 Å². The predicted octanol–water partition coefficient (Wildman–Crippen LogP) is 2.97. The number of aromatic nitrogens is 2. The third-order valence-corrected chi connectivity index (χ3v) is 3.81. The Morgan fingerprint density at radius 2 is 2.05 bits per heavy atom. The van der Waals surface area contributed by atoms with E-state index in [9.17, 15) is 0 Å². The molecule has 3 nitrogen and oxygen atoms in total. The molecule has 1 aliphatic rings. The van der Waals surface area contributed by atoms with Crippen LogP contribution in [0, 0.1) is 12.8 Å². The Labute approximate surface area is 114 Å². The number of benzene rings is 1. The normalized spacial score (nSPS) is 16.5. The van der Waals surface area contributed by atoms with E-state index in [1.807, 2.05) is 17.9 Å². The first kappa shape index (κ1) is 12.4. The van der Waals surface area contributed by atoms with Crippen molar-refractivity contribution in [2.45, 2.75) is 32.4 Å². The van der Waals surface area contributed by atoms with Gasteiger partial charge in [0.05, 0.1) is 6.20 Å². The zero-order valence-electron chi connectivity index (χ0n) is 11.6. The lowest BCUT2D eigenvalue weighted by Crippen LogP contribution is -2.22. The summed E-state index contributed by atoms with van der Waals surface area (Å²) in [4.78, 5) is 0. The lowest BCUT2D eigenvalue weighted by Gasteiger charge is -2.18. The maximum Gasteiger partial charge on any atom is 0.0534 e. The molecule has 0 saturated heterocycles. The van der Waals surface area contributed by atoms with Crippen LogP contribution in [0.3, 0.4) is 0 Å². The monoisotopic (exact) mass is 255 g/mol. The van der Waals surface area contributed by atoms with Crippen molar-refractivity contribution in [3.63, 3.8) is 0 Å². The van der Waals surface area contributed by atoms with Crippen molar-refractivity contribution in [2.75, 3.05) is 0 Å². The molecular weight excluding hydrogens is 234 g/mol. The summed E-state index contributed by atoms with van der Waals surface area (Å²) >= 11 is 0. The molecule has 0 spiro atoms. The molecule has 2 aromatic rings. The van der Waals surface area contributed by atoms with Crippen molar-refractivity contribution in [3.8, 4) is 0 Å². The van der Waals surface area contributed by atoms with E-state index < -0.39 is 0 Å². The molecule has 1 saturated carbocycles. The molecule has 1 aromatic heterocycles. The second kappa shape index (κ2) is 5.17. The highest BCUT2D eigenvalue weighted by Gasteiger charge is 2.31. The minimum atomic E-state index is 0.487. The molecule has 1 fully saturated rings. The quantitative estimate of drug-likeness (QED) is 0.890. The summed E-state index contributed by atoms with van der Waals surface area (Å²) in [5.41, 5.74) is 3.99. The number of rotatable bonds is 5. The Bertz CT molecular complexity index is 537. The fourth-order valence-electron chi connectivity index (χ4n) is 2.55. The molecule has 0 amide bonds. The van der Waals surface area contributed by atoms with Gasteiger partial charge < -0.3 is 5.32 Å². The van der Waals surface area contributed by atoms with Gasteiger partial charge >= 0.3 is 0 Å². The van der Waals surface area contributed by atoms with E-state index in [4.69, 9.17) is 0 Å². The van der Waals surface area contributed by atoms with Gasteiger partial charge in [-0.15, -0.1) is 0 Å². The van der Waals surface area contributed by atoms with Gasteiger partial charge in [0.15, 0.2) is 0 Å². The minimum Gasteiger partial charge on any atom is -0.305 e. The number of nitrogens with zero attached hydrogens (tertiary/aromatic N) is 2. The van der Waals surface area contributed by atoms with Gasteiger partial charge in [0.2, 0.25) is 0 Å². The van der Waals surface area contributed by atoms with Crippen LogP contribution in [-0.2, 0) is 13.6 Å². The van der Waals surface area contributed by atoms with Gasteiger partial charge in [-0.1, -0.05) is 29.8 Å². The van der Waals surface area contributed by atoms with Crippen molar-refractivity contribution in [1.29, 1.82) is 0 Å². The SMILES string of the molecule is Cc1ccc(C(NCc2cnn(C)c2)C2CC2)cc1. The van der Waals surface area contributed by atoms with E-state index in [1.54, 1.807) is 0 Å².